The summed E-state index contributed by atoms with van der Waals surface area (Å²) in [6, 6.07) is 16.6. The number of carbonyl (C=O) groups excluding carboxylic acids is 1. The van der Waals surface area contributed by atoms with Crippen molar-refractivity contribution < 1.29 is 9.53 Å². The maximum atomic E-state index is 12.2. The van der Waals surface area contributed by atoms with Crippen LogP contribution in [0.25, 0.3) is 5.69 Å². The number of ether oxygens (including phenoxy) is 1. The summed E-state index contributed by atoms with van der Waals surface area (Å²) in [6.45, 7) is 6.50. The largest absolute Gasteiger partial charge is 0.494 e. The van der Waals surface area contributed by atoms with Gasteiger partial charge in [-0.05, 0) is 63.2 Å². The Hall–Kier alpha value is -3.05. The molecule has 1 aromatic heterocycles. The number of hydrogen-bond donors (Lipinski definition) is 1. The number of hydrazone groups is 1. The molecule has 0 radical (unpaired) electrons. The van der Waals surface area contributed by atoms with Crippen LogP contribution in [-0.2, 0) is 0 Å². The van der Waals surface area contributed by atoms with E-state index in [2.05, 4.69) is 15.1 Å². The fourth-order valence-electron chi connectivity index (χ4n) is 3.02. The normalized spacial score (nSPS) is 11.0. The first-order valence-corrected chi connectivity index (χ1v) is 9.39. The molecule has 1 heterocycles. The molecule has 2 aromatic carbocycles. The molecule has 144 valence electrons. The van der Waals surface area contributed by atoms with Gasteiger partial charge in [-0.3, -0.25) is 4.79 Å². The smallest absolute Gasteiger partial charge is 0.271 e. The lowest BCUT2D eigenvalue weighted by atomic mass is 10.2. The Labute approximate surface area is 169 Å². The van der Waals surface area contributed by atoms with Crippen molar-refractivity contribution in [3.8, 4) is 11.4 Å². The average Bonchev–Trinajstić information content (AvgIpc) is 2.96. The van der Waals surface area contributed by atoms with E-state index in [1.807, 2.05) is 51.1 Å². The van der Waals surface area contributed by atoms with Crippen LogP contribution in [0.2, 0.25) is 5.02 Å². The van der Waals surface area contributed by atoms with E-state index < -0.39 is 0 Å². The van der Waals surface area contributed by atoms with Gasteiger partial charge in [0, 0.05) is 22.5 Å². The van der Waals surface area contributed by atoms with Crippen molar-refractivity contribution >= 4 is 23.7 Å². The van der Waals surface area contributed by atoms with Gasteiger partial charge in [0.25, 0.3) is 5.91 Å². The van der Waals surface area contributed by atoms with Crippen molar-refractivity contribution in [2.24, 2.45) is 5.10 Å². The van der Waals surface area contributed by atoms with E-state index in [9.17, 15) is 4.79 Å². The second kappa shape index (κ2) is 8.76. The third kappa shape index (κ3) is 4.26. The van der Waals surface area contributed by atoms with Crippen LogP contribution in [0.1, 0.15) is 34.2 Å². The minimum absolute atomic E-state index is 0.279. The van der Waals surface area contributed by atoms with Crippen molar-refractivity contribution in [3.63, 3.8) is 0 Å². The molecule has 1 N–H and O–H groups in total. The topological polar surface area (TPSA) is 55.6 Å². The Morgan fingerprint density at radius 1 is 1.18 bits per heavy atom. The molecule has 0 saturated carbocycles. The van der Waals surface area contributed by atoms with Crippen LogP contribution >= 0.6 is 11.6 Å². The van der Waals surface area contributed by atoms with Crippen LogP contribution in [0, 0.1) is 13.8 Å². The van der Waals surface area contributed by atoms with Gasteiger partial charge in [0.1, 0.15) is 5.75 Å². The van der Waals surface area contributed by atoms with Crippen molar-refractivity contribution in [3.05, 3.63) is 82.1 Å². The quantitative estimate of drug-likeness (QED) is 0.476. The number of benzene rings is 2. The van der Waals surface area contributed by atoms with Gasteiger partial charge in [0.15, 0.2) is 0 Å². The molecule has 28 heavy (non-hydrogen) atoms. The number of carbonyl (C=O) groups is 1. The van der Waals surface area contributed by atoms with Crippen LogP contribution in [0.5, 0.6) is 5.75 Å². The molecule has 3 aromatic rings. The number of hydrogen-bond acceptors (Lipinski definition) is 3. The Balaban J connectivity index is 1.74. The predicted octanol–water partition coefficient (Wildman–Crippen LogP) is 4.91. The highest BCUT2D eigenvalue weighted by atomic mass is 35.5. The molecule has 0 aliphatic heterocycles. The standard InChI is InChI=1S/C22H22ClN3O2/c1-4-28-19-11-9-17(10-12-19)22(27)25-24-14-18-13-15(2)26(16(18)3)21-8-6-5-7-20(21)23/h5-14H,4H2,1-3H3,(H,25,27)/b24-14+. The van der Waals surface area contributed by atoms with Gasteiger partial charge in [-0.2, -0.15) is 5.10 Å². The summed E-state index contributed by atoms with van der Waals surface area (Å²) in [5, 5.41) is 4.78. The molecule has 0 fully saturated rings. The zero-order valence-corrected chi connectivity index (χ0v) is 16.8. The van der Waals surface area contributed by atoms with Gasteiger partial charge in [-0.25, -0.2) is 5.43 Å². The number of nitrogens with one attached hydrogen (secondary N) is 1. The lowest BCUT2D eigenvalue weighted by Gasteiger charge is -2.11. The zero-order chi connectivity index (χ0) is 20.1. The van der Waals surface area contributed by atoms with Gasteiger partial charge < -0.3 is 9.30 Å². The Bertz CT molecular complexity index is 1010. The first-order valence-electron chi connectivity index (χ1n) is 9.01. The summed E-state index contributed by atoms with van der Waals surface area (Å²) in [7, 11) is 0. The maximum absolute atomic E-state index is 12.2. The van der Waals surface area contributed by atoms with Crippen molar-refractivity contribution in [1.82, 2.24) is 9.99 Å². The summed E-state index contributed by atoms with van der Waals surface area (Å²) >= 11 is 6.34. The Morgan fingerprint density at radius 3 is 2.57 bits per heavy atom. The lowest BCUT2D eigenvalue weighted by Crippen LogP contribution is -2.17. The summed E-state index contributed by atoms with van der Waals surface area (Å²) < 4.78 is 7.45. The van der Waals surface area contributed by atoms with Gasteiger partial charge in [-0.15, -0.1) is 0 Å². The summed E-state index contributed by atoms with van der Waals surface area (Å²) in [5.41, 5.74) is 6.92. The van der Waals surface area contributed by atoms with Gasteiger partial charge >= 0.3 is 0 Å². The Kier molecular flexibility index (Phi) is 6.16. The van der Waals surface area contributed by atoms with Crippen LogP contribution in [0.15, 0.2) is 59.7 Å². The number of aromatic nitrogens is 1. The van der Waals surface area contributed by atoms with E-state index in [1.165, 1.54) is 0 Å². The van der Waals surface area contributed by atoms with Gasteiger partial charge in [0.05, 0.1) is 23.5 Å². The predicted molar refractivity (Wildman–Crippen MR) is 113 cm³/mol. The third-order valence-electron chi connectivity index (χ3n) is 4.36. The summed E-state index contributed by atoms with van der Waals surface area (Å²) in [4.78, 5) is 12.2. The van der Waals surface area contributed by atoms with Gasteiger partial charge in [0.2, 0.25) is 0 Å². The molecule has 6 heteroatoms. The van der Waals surface area contributed by atoms with Crippen molar-refractivity contribution in [2.45, 2.75) is 20.8 Å². The van der Waals surface area contributed by atoms with E-state index in [0.717, 1.165) is 28.4 Å². The van der Waals surface area contributed by atoms with Crippen molar-refractivity contribution in [1.29, 1.82) is 0 Å². The van der Waals surface area contributed by atoms with E-state index in [4.69, 9.17) is 16.3 Å². The second-order valence-electron chi connectivity index (χ2n) is 6.27. The van der Waals surface area contributed by atoms with Crippen LogP contribution in [-0.4, -0.2) is 23.3 Å². The number of aryl methyl sites for hydroxylation is 1. The first-order chi connectivity index (χ1) is 13.5. The molecule has 1 amide bonds. The molecule has 0 unspecified atom stereocenters. The average molecular weight is 396 g/mol. The molecule has 3 rings (SSSR count). The number of rotatable bonds is 6. The molecular formula is C22H22ClN3O2. The summed E-state index contributed by atoms with van der Waals surface area (Å²) in [6.07, 6.45) is 1.64. The minimum atomic E-state index is -0.279. The number of para-hydroxylation sites is 1. The number of halogens is 1. The maximum Gasteiger partial charge on any atom is 0.271 e. The molecule has 0 aliphatic carbocycles. The zero-order valence-electron chi connectivity index (χ0n) is 16.1. The van der Waals surface area contributed by atoms with Crippen molar-refractivity contribution in [2.75, 3.05) is 6.61 Å². The summed E-state index contributed by atoms with van der Waals surface area (Å²) in [5.74, 6) is 0.453. The van der Waals surface area contributed by atoms with E-state index in [1.54, 1.807) is 30.5 Å². The van der Waals surface area contributed by atoms with E-state index in [-0.39, 0.29) is 5.91 Å². The fraction of sp³-hybridized carbons (Fsp3) is 0.182. The van der Waals surface area contributed by atoms with Gasteiger partial charge in [-0.1, -0.05) is 23.7 Å². The number of nitrogens with zero attached hydrogens (tertiary/aromatic N) is 2. The molecule has 0 saturated heterocycles. The van der Waals surface area contributed by atoms with Crippen LogP contribution in [0.3, 0.4) is 0 Å². The molecular weight excluding hydrogens is 374 g/mol. The molecule has 5 nitrogen and oxygen atoms in total. The fourth-order valence-corrected chi connectivity index (χ4v) is 3.24. The minimum Gasteiger partial charge on any atom is -0.494 e. The van der Waals surface area contributed by atoms with E-state index >= 15 is 0 Å². The lowest BCUT2D eigenvalue weighted by molar-refractivity contribution is 0.0955. The Morgan fingerprint density at radius 2 is 1.89 bits per heavy atom. The molecule has 0 spiro atoms. The van der Waals surface area contributed by atoms with Crippen LogP contribution < -0.4 is 10.2 Å². The highest BCUT2D eigenvalue weighted by Crippen LogP contribution is 2.25. The number of amides is 1. The molecule has 0 atom stereocenters. The highest BCUT2D eigenvalue weighted by Gasteiger charge is 2.12. The highest BCUT2D eigenvalue weighted by molar-refractivity contribution is 6.32. The van der Waals surface area contributed by atoms with Crippen LogP contribution in [0.4, 0.5) is 0 Å². The third-order valence-corrected chi connectivity index (χ3v) is 4.68. The molecule has 0 aliphatic rings. The van der Waals surface area contributed by atoms with E-state index in [0.29, 0.717) is 17.2 Å². The monoisotopic (exact) mass is 395 g/mol. The first kappa shape index (κ1) is 19.7. The second-order valence-corrected chi connectivity index (χ2v) is 6.68. The SMILES string of the molecule is CCOc1ccc(C(=O)N/N=C/c2cc(C)n(-c3ccccc3Cl)c2C)cc1. The molecule has 0 bridgehead atoms.